The normalized spacial score (nSPS) is 11.8. The number of ketones is 1. The van der Waals surface area contributed by atoms with Crippen LogP contribution in [-0.2, 0) is 11.3 Å². The van der Waals surface area contributed by atoms with E-state index in [4.69, 9.17) is 0 Å². The molecule has 0 radical (unpaired) electrons. The van der Waals surface area contributed by atoms with Gasteiger partial charge in [0, 0.05) is 25.2 Å². The van der Waals surface area contributed by atoms with Crippen LogP contribution in [-0.4, -0.2) is 44.6 Å². The summed E-state index contributed by atoms with van der Waals surface area (Å²) >= 11 is 1.34. The minimum Gasteiger partial charge on any atom is -0.299 e. The van der Waals surface area contributed by atoms with Gasteiger partial charge in [-0.3, -0.25) is 19.1 Å². The molecule has 0 bridgehead atoms. The lowest BCUT2D eigenvalue weighted by Crippen LogP contribution is -2.40. The topological polar surface area (TPSA) is 55.2 Å². The fourth-order valence-electron chi connectivity index (χ4n) is 2.95. The fraction of sp³-hybridized carbons (Fsp3) is 0.526. The number of nitrogens with zero attached hydrogens (tertiary/aromatic N) is 3. The van der Waals surface area contributed by atoms with E-state index in [0.29, 0.717) is 40.4 Å². The zero-order valence-electron chi connectivity index (χ0n) is 15.7. The second kappa shape index (κ2) is 8.63. The van der Waals surface area contributed by atoms with Gasteiger partial charge in [-0.2, -0.15) is 0 Å². The van der Waals surface area contributed by atoms with Crippen molar-refractivity contribution in [2.24, 2.45) is 0 Å². The van der Waals surface area contributed by atoms with Crippen LogP contribution in [0.2, 0.25) is 0 Å². The molecule has 0 aliphatic rings. The molecule has 0 atom stereocenters. The predicted octanol–water partition coefficient (Wildman–Crippen LogP) is 3.20. The van der Waals surface area contributed by atoms with Crippen molar-refractivity contribution in [3.05, 3.63) is 34.6 Å². The molecule has 0 saturated carbocycles. The van der Waals surface area contributed by atoms with E-state index < -0.39 is 0 Å². The van der Waals surface area contributed by atoms with Gasteiger partial charge in [0.25, 0.3) is 5.56 Å². The van der Waals surface area contributed by atoms with Crippen LogP contribution in [0.5, 0.6) is 0 Å². The highest BCUT2D eigenvalue weighted by Gasteiger charge is 2.16. The summed E-state index contributed by atoms with van der Waals surface area (Å²) in [6.07, 6.45) is 0. The Hall–Kier alpha value is -1.66. The zero-order valence-corrected chi connectivity index (χ0v) is 16.5. The van der Waals surface area contributed by atoms with E-state index in [1.807, 2.05) is 24.3 Å². The number of thioether (sulfide) groups is 1. The standard InChI is InChI=1S/C19H27N3O2S/c1-13(2)21(14(3)4)10-11-22-18(24)16-8-6-7-9-17(16)20-19(22)25-12-15(5)23/h6-9,13-14H,10-12H2,1-5H3. The smallest absolute Gasteiger partial charge is 0.262 e. The van der Waals surface area contributed by atoms with E-state index in [-0.39, 0.29) is 11.3 Å². The van der Waals surface area contributed by atoms with Crippen molar-refractivity contribution in [2.45, 2.75) is 58.4 Å². The maximum atomic E-state index is 13.0. The Morgan fingerprint density at radius 1 is 1.20 bits per heavy atom. The summed E-state index contributed by atoms with van der Waals surface area (Å²) in [5.41, 5.74) is 0.642. The van der Waals surface area contributed by atoms with Gasteiger partial charge in [0.2, 0.25) is 0 Å². The molecule has 136 valence electrons. The van der Waals surface area contributed by atoms with Gasteiger partial charge in [-0.15, -0.1) is 0 Å². The number of fused-ring (bicyclic) bond motifs is 1. The van der Waals surface area contributed by atoms with E-state index >= 15 is 0 Å². The Bertz CT molecular complexity index is 791. The highest BCUT2D eigenvalue weighted by molar-refractivity contribution is 7.99. The molecule has 2 rings (SSSR count). The lowest BCUT2D eigenvalue weighted by atomic mass is 10.2. The predicted molar refractivity (Wildman–Crippen MR) is 104 cm³/mol. The molecule has 25 heavy (non-hydrogen) atoms. The molecule has 0 unspecified atom stereocenters. The monoisotopic (exact) mass is 361 g/mol. The lowest BCUT2D eigenvalue weighted by Gasteiger charge is -2.30. The van der Waals surface area contributed by atoms with Crippen LogP contribution in [0.15, 0.2) is 34.2 Å². The van der Waals surface area contributed by atoms with Gasteiger partial charge < -0.3 is 0 Å². The van der Waals surface area contributed by atoms with Gasteiger partial charge in [-0.25, -0.2) is 4.98 Å². The molecule has 1 aromatic heterocycles. The van der Waals surface area contributed by atoms with Crippen molar-refractivity contribution in [2.75, 3.05) is 12.3 Å². The summed E-state index contributed by atoms with van der Waals surface area (Å²) in [5.74, 6) is 0.396. The maximum absolute atomic E-state index is 13.0. The third kappa shape index (κ3) is 4.92. The molecule has 2 aromatic rings. The number of carbonyl (C=O) groups excluding carboxylic acids is 1. The molecule has 1 aromatic carbocycles. The molecule has 0 spiro atoms. The first-order valence-electron chi connectivity index (χ1n) is 8.68. The van der Waals surface area contributed by atoms with Crippen molar-refractivity contribution in [1.29, 1.82) is 0 Å². The maximum Gasteiger partial charge on any atom is 0.262 e. The third-order valence-electron chi connectivity index (χ3n) is 4.14. The van der Waals surface area contributed by atoms with Gasteiger partial charge in [0.15, 0.2) is 5.16 Å². The number of para-hydroxylation sites is 1. The number of carbonyl (C=O) groups is 1. The minimum absolute atomic E-state index is 0.0379. The van der Waals surface area contributed by atoms with Crippen LogP contribution in [0.4, 0.5) is 0 Å². The molecule has 6 heteroatoms. The molecule has 1 heterocycles. The van der Waals surface area contributed by atoms with Crippen LogP contribution < -0.4 is 5.56 Å². The van der Waals surface area contributed by atoms with Gasteiger partial charge >= 0.3 is 0 Å². The van der Waals surface area contributed by atoms with E-state index in [0.717, 1.165) is 6.54 Å². The zero-order chi connectivity index (χ0) is 18.6. The molecule has 0 fully saturated rings. The number of Topliss-reactive ketones (excluding diaryl/α,β-unsaturated/α-hetero) is 1. The van der Waals surface area contributed by atoms with Crippen molar-refractivity contribution in [3.63, 3.8) is 0 Å². The van der Waals surface area contributed by atoms with Crippen LogP contribution in [0.25, 0.3) is 10.9 Å². The van der Waals surface area contributed by atoms with Gasteiger partial charge in [0.1, 0.15) is 5.78 Å². The fourth-order valence-corrected chi connectivity index (χ4v) is 3.77. The molecule has 0 N–H and O–H groups in total. The first-order valence-corrected chi connectivity index (χ1v) is 9.67. The van der Waals surface area contributed by atoms with E-state index in [2.05, 4.69) is 37.6 Å². The second-order valence-corrected chi connectivity index (χ2v) is 7.73. The van der Waals surface area contributed by atoms with Crippen LogP contribution >= 0.6 is 11.8 Å². The Balaban J connectivity index is 2.40. The molecule has 0 saturated heterocycles. The molecule has 0 amide bonds. The molecular weight excluding hydrogens is 334 g/mol. The van der Waals surface area contributed by atoms with Crippen LogP contribution in [0.3, 0.4) is 0 Å². The number of hydrogen-bond donors (Lipinski definition) is 0. The second-order valence-electron chi connectivity index (χ2n) is 6.78. The summed E-state index contributed by atoms with van der Waals surface area (Å²) in [6.45, 7) is 11.5. The van der Waals surface area contributed by atoms with E-state index in [9.17, 15) is 9.59 Å². The SMILES string of the molecule is CC(=O)CSc1nc2ccccc2c(=O)n1CCN(C(C)C)C(C)C. The summed E-state index contributed by atoms with van der Waals surface area (Å²) in [7, 11) is 0. The van der Waals surface area contributed by atoms with Crippen molar-refractivity contribution >= 4 is 28.4 Å². The number of aromatic nitrogens is 2. The summed E-state index contributed by atoms with van der Waals surface area (Å²) in [4.78, 5) is 31.3. The highest BCUT2D eigenvalue weighted by Crippen LogP contribution is 2.18. The Kier molecular flexibility index (Phi) is 6.79. The summed E-state index contributed by atoms with van der Waals surface area (Å²) in [5, 5.41) is 1.24. The summed E-state index contributed by atoms with van der Waals surface area (Å²) in [6, 6.07) is 8.18. The Labute approximate surface area is 153 Å². The molecule has 0 aliphatic heterocycles. The molecule has 5 nitrogen and oxygen atoms in total. The Morgan fingerprint density at radius 3 is 2.44 bits per heavy atom. The van der Waals surface area contributed by atoms with Gasteiger partial charge in [0.05, 0.1) is 16.7 Å². The number of hydrogen-bond acceptors (Lipinski definition) is 5. The third-order valence-corrected chi connectivity index (χ3v) is 5.26. The molecular formula is C19H27N3O2S. The van der Waals surface area contributed by atoms with Crippen molar-refractivity contribution in [3.8, 4) is 0 Å². The van der Waals surface area contributed by atoms with Gasteiger partial charge in [-0.1, -0.05) is 23.9 Å². The minimum atomic E-state index is -0.0379. The van der Waals surface area contributed by atoms with Crippen LogP contribution in [0.1, 0.15) is 34.6 Å². The average molecular weight is 362 g/mol. The number of benzene rings is 1. The summed E-state index contributed by atoms with van der Waals surface area (Å²) < 4.78 is 1.72. The number of rotatable bonds is 8. The lowest BCUT2D eigenvalue weighted by molar-refractivity contribution is -0.114. The van der Waals surface area contributed by atoms with Crippen LogP contribution in [0, 0.1) is 0 Å². The van der Waals surface area contributed by atoms with Crippen molar-refractivity contribution < 1.29 is 4.79 Å². The molecule has 0 aliphatic carbocycles. The average Bonchev–Trinajstić information content (AvgIpc) is 2.54. The van der Waals surface area contributed by atoms with Crippen molar-refractivity contribution in [1.82, 2.24) is 14.5 Å². The highest BCUT2D eigenvalue weighted by atomic mass is 32.2. The first kappa shape index (κ1) is 19.7. The quantitative estimate of drug-likeness (QED) is 0.534. The largest absolute Gasteiger partial charge is 0.299 e. The Morgan fingerprint density at radius 2 is 1.84 bits per heavy atom. The van der Waals surface area contributed by atoms with E-state index in [1.165, 1.54) is 11.8 Å². The van der Waals surface area contributed by atoms with Gasteiger partial charge in [-0.05, 0) is 46.8 Å². The van der Waals surface area contributed by atoms with E-state index in [1.54, 1.807) is 11.5 Å². The first-order chi connectivity index (χ1) is 11.8.